The zero-order valence-electron chi connectivity index (χ0n) is 21.1. The van der Waals surface area contributed by atoms with E-state index in [1.165, 1.54) is 0 Å². The van der Waals surface area contributed by atoms with Gasteiger partial charge in [0.1, 0.15) is 17.7 Å². The van der Waals surface area contributed by atoms with Crippen molar-refractivity contribution in [3.63, 3.8) is 0 Å². The Morgan fingerprint density at radius 3 is 2.92 bits per heavy atom. The lowest BCUT2D eigenvalue weighted by Crippen LogP contribution is -2.20. The summed E-state index contributed by atoms with van der Waals surface area (Å²) < 4.78 is 13.5. The van der Waals surface area contributed by atoms with Crippen LogP contribution in [0.3, 0.4) is 0 Å². The van der Waals surface area contributed by atoms with Crippen molar-refractivity contribution in [1.82, 2.24) is 29.9 Å². The molecule has 1 atom stereocenters. The van der Waals surface area contributed by atoms with E-state index in [1.807, 2.05) is 62.8 Å². The third kappa shape index (κ3) is 3.73. The third-order valence-electron chi connectivity index (χ3n) is 7.07. The molecule has 0 unspecified atom stereocenters. The van der Waals surface area contributed by atoms with Crippen molar-refractivity contribution in [3.05, 3.63) is 77.3 Å². The van der Waals surface area contributed by atoms with Gasteiger partial charge < -0.3 is 24.7 Å². The second-order valence-electron chi connectivity index (χ2n) is 9.84. The monoisotopic (exact) mass is 509 g/mol. The molecule has 2 aliphatic heterocycles. The molecule has 10 heteroatoms. The van der Waals surface area contributed by atoms with Gasteiger partial charge in [0.15, 0.2) is 5.58 Å². The summed E-state index contributed by atoms with van der Waals surface area (Å²) in [7, 11) is 4.03. The minimum Gasteiger partial charge on any atom is -0.463 e. The first-order valence-corrected chi connectivity index (χ1v) is 12.6. The molecule has 7 rings (SSSR count). The second-order valence-corrected chi connectivity index (χ2v) is 9.84. The number of pyridine rings is 2. The highest BCUT2D eigenvalue weighted by atomic mass is 16.5. The van der Waals surface area contributed by atoms with Gasteiger partial charge in [-0.3, -0.25) is 14.5 Å². The number of ether oxygens (including phenoxy) is 1. The Balaban J connectivity index is 1.29. The maximum Gasteiger partial charge on any atom is 0.254 e. The minimum absolute atomic E-state index is 0.111. The highest BCUT2D eigenvalue weighted by Crippen LogP contribution is 2.36. The largest absolute Gasteiger partial charge is 0.463 e. The van der Waals surface area contributed by atoms with Gasteiger partial charge in [-0.1, -0.05) is 6.07 Å². The van der Waals surface area contributed by atoms with Crippen LogP contribution in [-0.2, 0) is 17.8 Å². The molecule has 10 nitrogen and oxygen atoms in total. The first kappa shape index (κ1) is 22.9. The van der Waals surface area contributed by atoms with E-state index in [1.54, 1.807) is 6.26 Å². The van der Waals surface area contributed by atoms with Crippen molar-refractivity contribution >= 4 is 34.2 Å². The molecule has 0 bridgehead atoms. The molecule has 1 amide bonds. The quantitative estimate of drug-likeness (QED) is 0.317. The summed E-state index contributed by atoms with van der Waals surface area (Å²) in [6.07, 6.45) is 3.36. The SMILES string of the molecule is CN(C)Cc1nc(Nc2ccc(-c3cnc4ccc5occc5n34)c3c2C(=O)NC3)ccc1[C@@H]1NCCO1. The van der Waals surface area contributed by atoms with E-state index in [0.717, 1.165) is 51.4 Å². The Morgan fingerprint density at radius 2 is 2.08 bits per heavy atom. The van der Waals surface area contributed by atoms with E-state index >= 15 is 0 Å². The van der Waals surface area contributed by atoms with Crippen molar-refractivity contribution in [2.24, 2.45) is 0 Å². The van der Waals surface area contributed by atoms with Crippen molar-refractivity contribution in [2.75, 3.05) is 32.6 Å². The molecule has 2 aliphatic rings. The lowest BCUT2D eigenvalue weighted by Gasteiger charge is -2.19. The van der Waals surface area contributed by atoms with Crippen LogP contribution in [0.2, 0.25) is 0 Å². The highest BCUT2D eigenvalue weighted by Gasteiger charge is 2.28. The van der Waals surface area contributed by atoms with Gasteiger partial charge in [0.2, 0.25) is 0 Å². The fraction of sp³-hybridized carbons (Fsp3) is 0.250. The summed E-state index contributed by atoms with van der Waals surface area (Å²) in [6, 6.07) is 13.7. The standard InChI is InChI=1S/C28H27N7O3/c1-34(2)15-20-17(28-29-10-12-38-28)4-7-24(33-20)32-19-5-3-16(18-13-31-27(36)26(18)19)22-14-30-25-8-6-23-21(35(22)25)9-11-37-23/h3-9,11,14,28-29H,10,12-13,15H2,1-2H3,(H,31,36)(H,32,33)/t28-/m1/s1. The number of hydrogen-bond donors (Lipinski definition) is 3. The van der Waals surface area contributed by atoms with Gasteiger partial charge in [-0.2, -0.15) is 0 Å². The van der Waals surface area contributed by atoms with Gasteiger partial charge in [-0.15, -0.1) is 0 Å². The molecule has 5 aromatic rings. The number of nitrogens with one attached hydrogen (secondary N) is 3. The number of furan rings is 1. The summed E-state index contributed by atoms with van der Waals surface area (Å²) in [6.45, 7) is 2.60. The van der Waals surface area contributed by atoms with Crippen LogP contribution in [0.25, 0.3) is 28.0 Å². The fourth-order valence-electron chi connectivity index (χ4n) is 5.40. The zero-order valence-corrected chi connectivity index (χ0v) is 21.1. The number of imidazole rings is 1. The molecule has 0 spiro atoms. The second kappa shape index (κ2) is 8.95. The Kier molecular flexibility index (Phi) is 5.39. The Morgan fingerprint density at radius 1 is 1.16 bits per heavy atom. The molecule has 0 saturated carbocycles. The predicted molar refractivity (Wildman–Crippen MR) is 143 cm³/mol. The number of anilines is 2. The number of amides is 1. The molecule has 6 heterocycles. The van der Waals surface area contributed by atoms with Gasteiger partial charge >= 0.3 is 0 Å². The van der Waals surface area contributed by atoms with Crippen LogP contribution in [0.4, 0.5) is 11.5 Å². The van der Waals surface area contributed by atoms with Crippen LogP contribution in [0.15, 0.2) is 59.3 Å². The third-order valence-corrected chi connectivity index (χ3v) is 7.07. The Hall–Kier alpha value is -4.25. The van der Waals surface area contributed by atoms with Crippen molar-refractivity contribution in [2.45, 2.75) is 19.3 Å². The first-order valence-electron chi connectivity index (χ1n) is 12.6. The average Bonchev–Trinajstić information content (AvgIpc) is 3.70. The molecule has 1 fully saturated rings. The van der Waals surface area contributed by atoms with Crippen molar-refractivity contribution in [3.8, 4) is 11.3 Å². The van der Waals surface area contributed by atoms with Crippen LogP contribution in [0.1, 0.15) is 33.4 Å². The minimum atomic E-state index is -0.159. The van der Waals surface area contributed by atoms with E-state index in [4.69, 9.17) is 14.1 Å². The van der Waals surface area contributed by atoms with E-state index < -0.39 is 0 Å². The predicted octanol–water partition coefficient (Wildman–Crippen LogP) is 3.81. The maximum atomic E-state index is 13.0. The Bertz CT molecular complexity index is 1700. The molecule has 0 radical (unpaired) electrons. The molecule has 192 valence electrons. The molecule has 1 saturated heterocycles. The van der Waals surface area contributed by atoms with Crippen molar-refractivity contribution in [1.29, 1.82) is 0 Å². The average molecular weight is 510 g/mol. The number of nitrogens with zero attached hydrogens (tertiary/aromatic N) is 4. The molecule has 4 aromatic heterocycles. The number of aromatic nitrogens is 3. The fourth-order valence-corrected chi connectivity index (χ4v) is 5.40. The lowest BCUT2D eigenvalue weighted by atomic mass is 9.99. The molecule has 3 N–H and O–H groups in total. The maximum absolute atomic E-state index is 13.0. The molecular formula is C28H27N7O3. The first-order chi connectivity index (χ1) is 18.6. The van der Waals surface area contributed by atoms with E-state index in [2.05, 4.69) is 30.2 Å². The van der Waals surface area contributed by atoms with Gasteiger partial charge in [0, 0.05) is 36.8 Å². The van der Waals surface area contributed by atoms with E-state index in [-0.39, 0.29) is 12.1 Å². The summed E-state index contributed by atoms with van der Waals surface area (Å²) in [5, 5.41) is 9.78. The summed E-state index contributed by atoms with van der Waals surface area (Å²) in [5.74, 6) is 0.563. The molecule has 1 aromatic carbocycles. The molecule has 0 aliphatic carbocycles. The van der Waals surface area contributed by atoms with Crippen LogP contribution < -0.4 is 16.0 Å². The molecule has 38 heavy (non-hydrogen) atoms. The van der Waals surface area contributed by atoms with Gasteiger partial charge in [0.05, 0.1) is 47.2 Å². The normalized spacial score (nSPS) is 17.0. The topological polar surface area (TPSA) is 109 Å². The number of fused-ring (bicyclic) bond motifs is 4. The van der Waals surface area contributed by atoms with E-state index in [0.29, 0.717) is 36.8 Å². The molecular weight excluding hydrogens is 482 g/mol. The summed E-state index contributed by atoms with van der Waals surface area (Å²) >= 11 is 0. The Labute approximate surface area is 218 Å². The number of benzene rings is 1. The van der Waals surface area contributed by atoms with Crippen LogP contribution >= 0.6 is 0 Å². The summed E-state index contributed by atoms with van der Waals surface area (Å²) in [4.78, 5) is 24.6. The smallest absolute Gasteiger partial charge is 0.254 e. The van der Waals surface area contributed by atoms with Crippen LogP contribution in [0, 0.1) is 0 Å². The van der Waals surface area contributed by atoms with Gasteiger partial charge in [-0.25, -0.2) is 9.97 Å². The lowest BCUT2D eigenvalue weighted by molar-refractivity contribution is 0.0966. The summed E-state index contributed by atoms with van der Waals surface area (Å²) in [5.41, 5.74) is 8.60. The number of hydrogen-bond acceptors (Lipinski definition) is 8. The number of carbonyl (C=O) groups excluding carboxylic acids is 1. The van der Waals surface area contributed by atoms with E-state index in [9.17, 15) is 4.79 Å². The van der Waals surface area contributed by atoms with Crippen LogP contribution in [0.5, 0.6) is 0 Å². The van der Waals surface area contributed by atoms with Gasteiger partial charge in [0.25, 0.3) is 5.91 Å². The number of carbonyl (C=O) groups is 1. The van der Waals surface area contributed by atoms with Gasteiger partial charge in [-0.05, 0) is 50.0 Å². The number of rotatable bonds is 6. The van der Waals surface area contributed by atoms with Crippen LogP contribution in [-0.4, -0.2) is 52.4 Å². The highest BCUT2D eigenvalue weighted by molar-refractivity contribution is 6.06. The zero-order chi connectivity index (χ0) is 25.8. The van der Waals surface area contributed by atoms with Crippen molar-refractivity contribution < 1.29 is 13.9 Å².